The van der Waals surface area contributed by atoms with Crippen molar-refractivity contribution >= 4 is 41.8 Å². The van der Waals surface area contributed by atoms with Crippen molar-refractivity contribution in [3.05, 3.63) is 0 Å². The van der Waals surface area contributed by atoms with Crippen LogP contribution in [-0.4, -0.2) is 306 Å². The average molecular weight is 1610 g/mol. The molecule has 0 saturated heterocycles. The topological polar surface area (TPSA) is 184 Å². The van der Waals surface area contributed by atoms with Gasteiger partial charge in [0.2, 0.25) is 0 Å². The predicted octanol–water partition coefficient (Wildman–Crippen LogP) is 17.5. The first-order chi connectivity index (χ1) is 52.3. The maximum Gasteiger partial charge on any atom is 0.311 e. The van der Waals surface area contributed by atoms with E-state index in [1.54, 1.807) is 0 Å². The molecule has 0 saturated carbocycles. The van der Waals surface area contributed by atoms with Crippen molar-refractivity contribution in [3.8, 4) is 0 Å². The Morgan fingerprint density at radius 3 is 0.625 bits per heavy atom. The van der Waals surface area contributed by atoms with Gasteiger partial charge in [-0.1, -0.05) is 150 Å². The Kier molecular flexibility index (Phi) is 78.2. The van der Waals surface area contributed by atoms with E-state index in [4.69, 9.17) is 33.2 Å². The van der Waals surface area contributed by atoms with Crippen LogP contribution in [0.25, 0.3) is 0 Å². The molecule has 0 aromatic heterocycles. The molecule has 0 rings (SSSR count). The van der Waals surface area contributed by atoms with Crippen LogP contribution in [0.2, 0.25) is 0 Å². The summed E-state index contributed by atoms with van der Waals surface area (Å²) in [6.45, 7) is 85.8. The summed E-state index contributed by atoms with van der Waals surface area (Å²) in [5.41, 5.74) is -0.384. The lowest BCUT2D eigenvalue weighted by molar-refractivity contribution is -0.927. The van der Waals surface area contributed by atoms with Crippen molar-refractivity contribution in [1.82, 2.24) is 0 Å². The van der Waals surface area contributed by atoms with E-state index in [1.807, 2.05) is 76.2 Å². The lowest BCUT2D eigenvalue weighted by Crippen LogP contribution is -2.51. The van der Waals surface area contributed by atoms with Crippen LogP contribution in [-0.2, 0) is 66.7 Å². The number of quaternary nitrogens is 7. The Morgan fingerprint density at radius 1 is 0.241 bits per heavy atom. The molecule has 21 heteroatoms. The number of hydrogen-bond acceptors (Lipinski definition) is 14. The van der Waals surface area contributed by atoms with Gasteiger partial charge in [0.1, 0.15) is 92.1 Å². The van der Waals surface area contributed by atoms with E-state index >= 15 is 0 Å². The van der Waals surface area contributed by atoms with Crippen LogP contribution in [0.3, 0.4) is 0 Å². The van der Waals surface area contributed by atoms with Crippen molar-refractivity contribution in [2.45, 2.75) is 297 Å². The van der Waals surface area contributed by atoms with Crippen molar-refractivity contribution in [2.24, 2.45) is 29.1 Å². The molecule has 0 aromatic rings. The van der Waals surface area contributed by atoms with E-state index in [0.717, 1.165) is 149 Å². The molecule has 0 spiro atoms. The minimum Gasteiger partial charge on any atom is -0.460 e. The smallest absolute Gasteiger partial charge is 0.311 e. The van der Waals surface area contributed by atoms with Gasteiger partial charge in [-0.15, -0.1) is 0 Å². The number of hydrogen-bond donors (Lipinski definition) is 0. The Hall–Kier alpha value is -3.99. The molecular formula is C91H196N7O14+7. The summed E-state index contributed by atoms with van der Waals surface area (Å²) in [7, 11) is 12.4. The third kappa shape index (κ3) is 69.2. The van der Waals surface area contributed by atoms with E-state index < -0.39 is 0 Å². The first-order valence-electron chi connectivity index (χ1n) is 45.3. The summed E-state index contributed by atoms with van der Waals surface area (Å²) in [5, 5.41) is 0. The largest absolute Gasteiger partial charge is 0.460 e. The van der Waals surface area contributed by atoms with Gasteiger partial charge in [0.15, 0.2) is 0 Å². The highest BCUT2D eigenvalue weighted by molar-refractivity contribution is 5.75. The molecule has 0 amide bonds. The normalized spacial score (nSPS) is 12.7. The van der Waals surface area contributed by atoms with Gasteiger partial charge in [0.25, 0.3) is 0 Å². The fourth-order valence-corrected chi connectivity index (χ4v) is 12.4. The first kappa shape index (κ1) is 121. The molecular weight excluding hydrogens is 1420 g/mol. The third-order valence-electron chi connectivity index (χ3n) is 20.9. The van der Waals surface area contributed by atoms with Gasteiger partial charge >= 0.3 is 41.8 Å². The lowest BCUT2D eigenvalue weighted by Gasteiger charge is -2.37. The standard InChI is InChI=1S/C16H34NO2.2C15H32NO2.C14H30NO2.C12H26NO2.C10H22NO2.C9H20NO2/c1-5-9-11-16(18)19-15-14-17(8-4,12-7-3)13-10-6-2;1-6-9-11-16(8-3,10-7-2)12-13-18-15(17)14(4)5;1-5-9-10-15(17)18-14-13-16(8-4,11-6-2)12-7-3;1-6-9-15(8-3,10-7-2)11-12-17-14(16)13(4)5;1-6-13(7-2,8-3)9-10-15-12(14)11(4)5;1-10(2,3)9(12)13-8-7-11(4,5)6;1-8(2)9(11)12-7-6-10(3,4)5/h5-15H2,1-4H3;14H,6-13H2,1-5H3;5-14H2,1-4H3;13H,6-12H2,1-5H3;11H,6-10H2,1-5H3;7-8H2,1-6H3;8H,6-7H2,1-5H3/q7*+1. The van der Waals surface area contributed by atoms with E-state index in [0.29, 0.717) is 59.1 Å². The Bertz CT molecular complexity index is 2240. The fourth-order valence-electron chi connectivity index (χ4n) is 12.4. The van der Waals surface area contributed by atoms with Gasteiger partial charge in [0, 0.05) is 12.8 Å². The lowest BCUT2D eigenvalue weighted by atomic mass is 9.97. The van der Waals surface area contributed by atoms with Gasteiger partial charge in [0.05, 0.1) is 170 Å². The van der Waals surface area contributed by atoms with Gasteiger partial charge < -0.3 is 64.5 Å². The molecule has 2 atom stereocenters. The van der Waals surface area contributed by atoms with Gasteiger partial charge in [-0.05, 0) is 133 Å². The van der Waals surface area contributed by atoms with E-state index in [9.17, 15) is 33.6 Å². The van der Waals surface area contributed by atoms with Crippen LogP contribution in [0.5, 0.6) is 0 Å². The molecule has 0 heterocycles. The minimum absolute atomic E-state index is 0.0162. The molecule has 0 aliphatic carbocycles. The fraction of sp³-hybridized carbons (Fsp3) is 0.923. The average Bonchev–Trinajstić information content (AvgIpc) is 0.872. The Labute approximate surface area is 694 Å². The number of carbonyl (C=O) groups excluding carboxylic acids is 7. The van der Waals surface area contributed by atoms with Gasteiger partial charge in [-0.25, -0.2) is 0 Å². The van der Waals surface area contributed by atoms with Gasteiger partial charge in [-0.2, -0.15) is 0 Å². The second-order valence-corrected chi connectivity index (χ2v) is 35.4. The molecule has 0 fully saturated rings. The highest BCUT2D eigenvalue weighted by Crippen LogP contribution is 2.18. The molecule has 0 bridgehead atoms. The number of esters is 7. The summed E-state index contributed by atoms with van der Waals surface area (Å²) in [5.74, 6) is -0.591. The molecule has 672 valence electrons. The van der Waals surface area contributed by atoms with Crippen LogP contribution in [0.15, 0.2) is 0 Å². The second kappa shape index (κ2) is 72.3. The molecule has 0 aliphatic heterocycles. The molecule has 0 N–H and O–H groups in total. The summed E-state index contributed by atoms with van der Waals surface area (Å²) in [6.07, 6.45) is 17.3. The monoisotopic (exact) mass is 1610 g/mol. The summed E-state index contributed by atoms with van der Waals surface area (Å²) >= 11 is 0. The van der Waals surface area contributed by atoms with Crippen molar-refractivity contribution < 1.29 is 98.1 Å². The first-order valence-corrected chi connectivity index (χ1v) is 45.3. The maximum atomic E-state index is 11.5. The highest BCUT2D eigenvalue weighted by Gasteiger charge is 2.29. The van der Waals surface area contributed by atoms with Crippen LogP contribution in [0, 0.1) is 29.1 Å². The minimum atomic E-state index is -0.384. The van der Waals surface area contributed by atoms with Crippen LogP contribution < -0.4 is 0 Å². The number of unbranched alkanes of at least 4 members (excludes halogenated alkanes) is 4. The number of carbonyl (C=O) groups is 7. The number of rotatable bonds is 56. The molecule has 0 aliphatic rings. The molecule has 0 radical (unpaired) electrons. The van der Waals surface area contributed by atoms with Crippen LogP contribution >= 0.6 is 0 Å². The number of likely N-dealkylation sites (N-methyl/N-ethyl adjacent to an activating group) is 7. The predicted molar refractivity (Wildman–Crippen MR) is 470 cm³/mol. The zero-order valence-electron chi connectivity index (χ0n) is 81.0. The van der Waals surface area contributed by atoms with E-state index in [2.05, 4.69) is 160 Å². The van der Waals surface area contributed by atoms with Crippen molar-refractivity contribution in [3.63, 3.8) is 0 Å². The summed E-state index contributed by atoms with van der Waals surface area (Å²) in [6, 6.07) is 0. The number of nitrogens with zero attached hydrogens (tertiary/aromatic N) is 7. The second-order valence-electron chi connectivity index (χ2n) is 35.4. The van der Waals surface area contributed by atoms with E-state index in [-0.39, 0.29) is 70.9 Å². The molecule has 2 unspecified atom stereocenters. The molecule has 21 nitrogen and oxygen atoms in total. The SMILES string of the molecule is CC(C)(C)C(=O)OCC[N+](C)(C)C.CC(C)C(=O)OCC[N+](C)(C)C.CCCCC(=O)OCC[N+](CC)(CCC)CCC.CCCCC(=O)OCC[N+](CC)(CCC)CCCC.CCCC[N+](CC)(CCC)CCOC(=O)C(C)C.CCC[N+](CC)(CCC)CCOC(=O)C(C)C.CC[N+](CC)(CC)CCOC(=O)C(C)C. The molecule has 0 aromatic carbocycles. The highest BCUT2D eigenvalue weighted by atomic mass is 16.6. The Balaban J connectivity index is -0.000000231. The molecule has 112 heavy (non-hydrogen) atoms. The quantitative estimate of drug-likeness (QED) is 0.0318. The maximum absolute atomic E-state index is 11.5. The van der Waals surface area contributed by atoms with Crippen LogP contribution in [0.4, 0.5) is 0 Å². The number of ether oxygens (including phenoxy) is 7. The third-order valence-corrected chi connectivity index (χ3v) is 20.9. The summed E-state index contributed by atoms with van der Waals surface area (Å²) < 4.78 is 43.8. The summed E-state index contributed by atoms with van der Waals surface area (Å²) in [4.78, 5) is 79.4. The van der Waals surface area contributed by atoms with Crippen molar-refractivity contribution in [2.75, 3.05) is 233 Å². The zero-order valence-corrected chi connectivity index (χ0v) is 81.0. The van der Waals surface area contributed by atoms with E-state index in [1.165, 1.54) is 117 Å². The Morgan fingerprint density at radius 2 is 0.438 bits per heavy atom. The van der Waals surface area contributed by atoms with Crippen LogP contribution in [0.1, 0.15) is 297 Å². The van der Waals surface area contributed by atoms with Crippen molar-refractivity contribution in [1.29, 1.82) is 0 Å². The zero-order chi connectivity index (χ0) is 88.1. The van der Waals surface area contributed by atoms with Gasteiger partial charge in [-0.3, -0.25) is 33.6 Å².